The first-order valence-electron chi connectivity index (χ1n) is 7.37. The monoisotopic (exact) mass is 311 g/mol. The van der Waals surface area contributed by atoms with Crippen LogP contribution in [0.2, 0.25) is 0 Å². The topological polar surface area (TPSA) is 55.4 Å². The summed E-state index contributed by atoms with van der Waals surface area (Å²) in [6.07, 6.45) is -0.106. The number of ether oxygens (including phenoxy) is 1. The second kappa shape index (κ2) is 10.5. The number of amides is 1. The Balaban J connectivity index is 4.45. The molecule has 21 heavy (non-hydrogen) atoms. The van der Waals surface area contributed by atoms with E-state index < -0.39 is 24.1 Å². The van der Waals surface area contributed by atoms with Crippen molar-refractivity contribution < 1.29 is 27.5 Å². The molecule has 0 spiro atoms. The zero-order chi connectivity index (χ0) is 16.3. The fourth-order valence-electron chi connectivity index (χ4n) is 1.68. The zero-order valence-electron chi connectivity index (χ0n) is 12.6. The summed E-state index contributed by atoms with van der Waals surface area (Å²) in [5.74, 6) is -2.90. The van der Waals surface area contributed by atoms with Crippen LogP contribution in [-0.4, -0.2) is 30.7 Å². The highest BCUT2D eigenvalue weighted by Crippen LogP contribution is 2.16. The molecule has 0 heterocycles. The summed E-state index contributed by atoms with van der Waals surface area (Å²) in [6, 6.07) is -1.23. The molecular formula is C14H24F3NO3. The van der Waals surface area contributed by atoms with Gasteiger partial charge in [0.15, 0.2) is 0 Å². The second-order valence-electron chi connectivity index (χ2n) is 4.89. The van der Waals surface area contributed by atoms with Crippen LogP contribution in [0.25, 0.3) is 0 Å². The van der Waals surface area contributed by atoms with Gasteiger partial charge in [-0.15, -0.1) is 0 Å². The van der Waals surface area contributed by atoms with E-state index in [1.54, 1.807) is 5.32 Å². The van der Waals surface area contributed by atoms with Gasteiger partial charge in [0.2, 0.25) is 0 Å². The minimum atomic E-state index is -4.99. The Morgan fingerprint density at radius 3 is 2.19 bits per heavy atom. The normalized spacial score (nSPS) is 12.8. The molecule has 0 bridgehead atoms. The highest BCUT2D eigenvalue weighted by atomic mass is 19.4. The van der Waals surface area contributed by atoms with Crippen LogP contribution in [-0.2, 0) is 14.3 Å². The molecule has 0 aromatic heterocycles. The standard InChI is InChI=1S/C14H24F3NO3/c1-3-5-7-8-9-11(12(19)21-10-6-4-2)18-13(20)14(15,16)17/h11H,3-10H2,1-2H3,(H,18,20). The molecule has 0 aromatic rings. The van der Waals surface area contributed by atoms with Gasteiger partial charge in [0, 0.05) is 0 Å². The first-order valence-corrected chi connectivity index (χ1v) is 7.37. The molecule has 7 heteroatoms. The fourth-order valence-corrected chi connectivity index (χ4v) is 1.68. The van der Waals surface area contributed by atoms with Gasteiger partial charge in [0.25, 0.3) is 0 Å². The molecule has 0 aliphatic carbocycles. The van der Waals surface area contributed by atoms with Gasteiger partial charge in [-0.2, -0.15) is 13.2 Å². The van der Waals surface area contributed by atoms with Crippen molar-refractivity contribution in [2.24, 2.45) is 0 Å². The SMILES string of the molecule is CCCCCCC(NC(=O)C(F)(F)F)C(=O)OCCCC. The number of halogens is 3. The van der Waals surface area contributed by atoms with E-state index in [-0.39, 0.29) is 13.0 Å². The van der Waals surface area contributed by atoms with Crippen molar-refractivity contribution in [3.63, 3.8) is 0 Å². The lowest BCUT2D eigenvalue weighted by Crippen LogP contribution is -2.47. The third-order valence-corrected chi connectivity index (χ3v) is 2.94. The number of rotatable bonds is 10. The lowest BCUT2D eigenvalue weighted by atomic mass is 10.1. The van der Waals surface area contributed by atoms with Gasteiger partial charge >= 0.3 is 18.1 Å². The number of nitrogens with one attached hydrogen (secondary N) is 1. The van der Waals surface area contributed by atoms with Gasteiger partial charge in [0.05, 0.1) is 6.61 Å². The highest BCUT2D eigenvalue weighted by molar-refractivity contribution is 5.87. The van der Waals surface area contributed by atoms with Crippen LogP contribution < -0.4 is 5.32 Å². The number of carbonyl (C=O) groups is 2. The summed E-state index contributed by atoms with van der Waals surface area (Å²) in [5, 5.41) is 1.72. The molecule has 124 valence electrons. The highest BCUT2D eigenvalue weighted by Gasteiger charge is 2.40. The van der Waals surface area contributed by atoms with Crippen LogP contribution in [0, 0.1) is 0 Å². The van der Waals surface area contributed by atoms with Crippen LogP contribution in [0.15, 0.2) is 0 Å². The maximum atomic E-state index is 12.3. The van der Waals surface area contributed by atoms with Crippen LogP contribution in [0.1, 0.15) is 58.8 Å². The van der Waals surface area contributed by atoms with Crippen molar-refractivity contribution in [1.29, 1.82) is 0 Å². The van der Waals surface area contributed by atoms with E-state index in [0.29, 0.717) is 12.8 Å². The van der Waals surface area contributed by atoms with E-state index in [0.717, 1.165) is 25.7 Å². The lowest BCUT2D eigenvalue weighted by Gasteiger charge is -2.18. The third kappa shape index (κ3) is 9.31. The van der Waals surface area contributed by atoms with E-state index in [4.69, 9.17) is 4.74 Å². The smallest absolute Gasteiger partial charge is 0.464 e. The van der Waals surface area contributed by atoms with Crippen molar-refractivity contribution in [1.82, 2.24) is 5.32 Å². The zero-order valence-corrected chi connectivity index (χ0v) is 12.6. The number of carbonyl (C=O) groups excluding carboxylic acids is 2. The summed E-state index contributed by atoms with van der Waals surface area (Å²) in [4.78, 5) is 22.7. The molecule has 1 amide bonds. The molecule has 1 atom stereocenters. The maximum absolute atomic E-state index is 12.3. The Hall–Kier alpha value is -1.27. The average Bonchev–Trinajstić information content (AvgIpc) is 2.41. The Morgan fingerprint density at radius 1 is 1.05 bits per heavy atom. The molecular weight excluding hydrogens is 287 g/mol. The van der Waals surface area contributed by atoms with Crippen molar-refractivity contribution >= 4 is 11.9 Å². The van der Waals surface area contributed by atoms with Gasteiger partial charge in [-0.25, -0.2) is 4.79 Å². The lowest BCUT2D eigenvalue weighted by molar-refractivity contribution is -0.176. The van der Waals surface area contributed by atoms with Crippen LogP contribution in [0.3, 0.4) is 0 Å². The number of alkyl halides is 3. The first-order chi connectivity index (χ1) is 9.82. The molecule has 0 rings (SSSR count). The van der Waals surface area contributed by atoms with E-state index in [9.17, 15) is 22.8 Å². The quantitative estimate of drug-likeness (QED) is 0.497. The van der Waals surface area contributed by atoms with Gasteiger partial charge in [-0.3, -0.25) is 4.79 Å². The average molecular weight is 311 g/mol. The minimum Gasteiger partial charge on any atom is -0.464 e. The van der Waals surface area contributed by atoms with Crippen molar-refractivity contribution in [3.8, 4) is 0 Å². The van der Waals surface area contributed by atoms with Crippen molar-refractivity contribution in [2.75, 3.05) is 6.61 Å². The van der Waals surface area contributed by atoms with Gasteiger partial charge in [-0.1, -0.05) is 46.0 Å². The molecule has 0 radical (unpaired) electrons. The molecule has 0 aliphatic rings. The molecule has 0 fully saturated rings. The summed E-state index contributed by atoms with van der Waals surface area (Å²) in [6.45, 7) is 4.06. The molecule has 4 nitrogen and oxygen atoms in total. The molecule has 0 saturated carbocycles. The van der Waals surface area contributed by atoms with Gasteiger partial charge in [-0.05, 0) is 12.8 Å². The molecule has 0 saturated heterocycles. The Morgan fingerprint density at radius 2 is 1.67 bits per heavy atom. The van der Waals surface area contributed by atoms with E-state index in [1.165, 1.54) is 0 Å². The Bertz CT molecular complexity index is 319. The number of hydrogen-bond donors (Lipinski definition) is 1. The summed E-state index contributed by atoms with van der Waals surface area (Å²) in [7, 11) is 0. The predicted molar refractivity (Wildman–Crippen MR) is 72.6 cm³/mol. The van der Waals surface area contributed by atoms with Crippen LogP contribution in [0.5, 0.6) is 0 Å². The van der Waals surface area contributed by atoms with Crippen LogP contribution in [0.4, 0.5) is 13.2 Å². The third-order valence-electron chi connectivity index (χ3n) is 2.94. The first kappa shape index (κ1) is 19.7. The molecule has 0 aliphatic heterocycles. The second-order valence-corrected chi connectivity index (χ2v) is 4.89. The van der Waals surface area contributed by atoms with Crippen molar-refractivity contribution in [3.05, 3.63) is 0 Å². The number of hydrogen-bond acceptors (Lipinski definition) is 3. The summed E-state index contributed by atoms with van der Waals surface area (Å²) < 4.78 is 41.7. The molecule has 1 unspecified atom stereocenters. The van der Waals surface area contributed by atoms with E-state index in [1.807, 2.05) is 13.8 Å². The Labute approximate surface area is 123 Å². The molecule has 1 N–H and O–H groups in total. The van der Waals surface area contributed by atoms with Gasteiger partial charge < -0.3 is 10.1 Å². The van der Waals surface area contributed by atoms with Gasteiger partial charge in [0.1, 0.15) is 6.04 Å². The fraction of sp³-hybridized carbons (Fsp3) is 0.857. The number of unbranched alkanes of at least 4 members (excludes halogenated alkanes) is 4. The predicted octanol–water partition coefficient (Wildman–Crippen LogP) is 3.35. The van der Waals surface area contributed by atoms with E-state index in [2.05, 4.69) is 0 Å². The van der Waals surface area contributed by atoms with E-state index >= 15 is 0 Å². The summed E-state index contributed by atoms with van der Waals surface area (Å²) >= 11 is 0. The van der Waals surface area contributed by atoms with Crippen molar-refractivity contribution in [2.45, 2.75) is 71.0 Å². The Kier molecular flexibility index (Phi) is 9.82. The maximum Gasteiger partial charge on any atom is 0.471 e. The summed E-state index contributed by atoms with van der Waals surface area (Å²) in [5.41, 5.74) is 0. The molecule has 0 aromatic carbocycles. The number of esters is 1. The largest absolute Gasteiger partial charge is 0.471 e. The van der Waals surface area contributed by atoms with Crippen LogP contribution >= 0.6 is 0 Å². The minimum absolute atomic E-state index is 0.155.